The Kier molecular flexibility index (Phi) is 5.22. The number of carbonyl (C=O) groups excluding carboxylic acids is 1. The molecule has 1 aromatic heterocycles. The van der Waals surface area contributed by atoms with Gasteiger partial charge in [-0.2, -0.15) is 13.2 Å². The van der Waals surface area contributed by atoms with E-state index in [1.165, 1.54) is 0 Å². The molecule has 9 heteroatoms. The van der Waals surface area contributed by atoms with Crippen LogP contribution in [0.2, 0.25) is 0 Å². The van der Waals surface area contributed by atoms with Crippen molar-refractivity contribution < 1.29 is 18.0 Å². The van der Waals surface area contributed by atoms with E-state index in [2.05, 4.69) is 15.5 Å². The number of aryl methyl sites for hydroxylation is 1. The lowest BCUT2D eigenvalue weighted by atomic mass is 10.1. The molecular weight excluding hydrogens is 353 g/mol. The fraction of sp³-hybridized carbons (Fsp3) is 0.438. The van der Waals surface area contributed by atoms with Gasteiger partial charge in [0.2, 0.25) is 16.0 Å². The second-order valence-electron chi connectivity index (χ2n) is 5.87. The largest absolute Gasteiger partial charge is 0.445 e. The average Bonchev–Trinajstić information content (AvgIpc) is 3.23. The van der Waals surface area contributed by atoms with Crippen molar-refractivity contribution in [3.63, 3.8) is 0 Å². The summed E-state index contributed by atoms with van der Waals surface area (Å²) < 4.78 is 37.6. The van der Waals surface area contributed by atoms with Crippen LogP contribution in [0.15, 0.2) is 30.3 Å². The van der Waals surface area contributed by atoms with Gasteiger partial charge < -0.3 is 10.2 Å². The lowest BCUT2D eigenvalue weighted by molar-refractivity contribution is -0.138. The Balaban J connectivity index is 1.48. The second-order valence-corrected chi connectivity index (χ2v) is 6.84. The number of likely N-dealkylation sites (tertiary alicyclic amines) is 1. The molecule has 1 N–H and O–H groups in total. The summed E-state index contributed by atoms with van der Waals surface area (Å²) in [6, 6.07) is 9.67. The van der Waals surface area contributed by atoms with Crippen LogP contribution in [0, 0.1) is 0 Å². The molecule has 1 atom stereocenters. The van der Waals surface area contributed by atoms with Gasteiger partial charge in [0.05, 0.1) is 0 Å². The van der Waals surface area contributed by atoms with Crippen molar-refractivity contribution in [2.24, 2.45) is 0 Å². The number of nitrogens with one attached hydrogen (secondary N) is 1. The molecular formula is C16H17F3N4OS. The summed E-state index contributed by atoms with van der Waals surface area (Å²) in [4.78, 5) is 14.0. The van der Waals surface area contributed by atoms with E-state index >= 15 is 0 Å². The Morgan fingerprint density at radius 2 is 2.04 bits per heavy atom. The standard InChI is InChI=1S/C16H17F3N4OS/c17-16(18,19)14-21-22-15(25-14)20-12-8-9-23(10-12)13(24)7-6-11-4-2-1-3-5-11/h1-5,12H,6-10H2,(H,20,22). The summed E-state index contributed by atoms with van der Waals surface area (Å²) in [5.41, 5.74) is 1.11. The molecule has 3 rings (SSSR count). The normalized spacial score (nSPS) is 17.7. The number of aromatic nitrogens is 2. The van der Waals surface area contributed by atoms with Gasteiger partial charge in [0, 0.05) is 25.6 Å². The molecule has 5 nitrogen and oxygen atoms in total. The van der Waals surface area contributed by atoms with E-state index in [9.17, 15) is 18.0 Å². The number of alkyl halides is 3. The van der Waals surface area contributed by atoms with E-state index in [0.717, 1.165) is 5.56 Å². The molecule has 1 aromatic carbocycles. The number of halogens is 3. The Morgan fingerprint density at radius 3 is 2.72 bits per heavy atom. The van der Waals surface area contributed by atoms with Gasteiger partial charge in [0.25, 0.3) is 0 Å². The minimum absolute atomic E-state index is 0.0568. The molecule has 0 aliphatic carbocycles. The number of hydrogen-bond acceptors (Lipinski definition) is 5. The summed E-state index contributed by atoms with van der Waals surface area (Å²) in [6.07, 6.45) is -2.70. The number of hydrogen-bond donors (Lipinski definition) is 1. The lowest BCUT2D eigenvalue weighted by Crippen LogP contribution is -2.31. The fourth-order valence-corrected chi connectivity index (χ4v) is 3.42. The van der Waals surface area contributed by atoms with Crippen molar-refractivity contribution in [2.45, 2.75) is 31.5 Å². The SMILES string of the molecule is O=C(CCc1ccccc1)N1CCC(Nc2nnc(C(F)(F)F)s2)C1. The zero-order valence-electron chi connectivity index (χ0n) is 13.3. The monoisotopic (exact) mass is 370 g/mol. The molecule has 1 saturated heterocycles. The predicted molar refractivity (Wildman–Crippen MR) is 88.3 cm³/mol. The molecule has 1 amide bonds. The van der Waals surface area contributed by atoms with Crippen molar-refractivity contribution >= 4 is 22.4 Å². The second kappa shape index (κ2) is 7.38. The molecule has 0 saturated carbocycles. The van der Waals surface area contributed by atoms with Gasteiger partial charge in [-0.15, -0.1) is 10.2 Å². The summed E-state index contributed by atoms with van der Waals surface area (Å²) in [5.74, 6) is 0.0568. The maximum Gasteiger partial charge on any atom is 0.445 e. The minimum atomic E-state index is -4.48. The first kappa shape index (κ1) is 17.7. The number of amides is 1. The average molecular weight is 370 g/mol. The Labute approximate surface area is 146 Å². The molecule has 1 aliphatic heterocycles. The quantitative estimate of drug-likeness (QED) is 0.878. The van der Waals surface area contributed by atoms with Crippen LogP contribution in [0.5, 0.6) is 0 Å². The lowest BCUT2D eigenvalue weighted by Gasteiger charge is -2.16. The molecule has 0 bridgehead atoms. The highest BCUT2D eigenvalue weighted by molar-refractivity contribution is 7.15. The van der Waals surface area contributed by atoms with Crippen LogP contribution in [0.1, 0.15) is 23.4 Å². The van der Waals surface area contributed by atoms with Gasteiger partial charge in [-0.3, -0.25) is 4.79 Å². The predicted octanol–water partition coefficient (Wildman–Crippen LogP) is 3.20. The summed E-state index contributed by atoms with van der Waals surface area (Å²) in [6.45, 7) is 1.06. The smallest absolute Gasteiger partial charge is 0.355 e. The Hall–Kier alpha value is -2.16. The summed E-state index contributed by atoms with van der Waals surface area (Å²) in [5, 5.41) is 8.78. The van der Waals surface area contributed by atoms with Crippen molar-refractivity contribution in [3.05, 3.63) is 40.9 Å². The molecule has 0 radical (unpaired) electrons. The first-order valence-electron chi connectivity index (χ1n) is 7.91. The number of rotatable bonds is 5. The number of anilines is 1. The van der Waals surface area contributed by atoms with Crippen LogP contribution in [0.4, 0.5) is 18.3 Å². The molecule has 1 fully saturated rings. The van der Waals surface area contributed by atoms with Gasteiger partial charge in [-0.1, -0.05) is 41.7 Å². The molecule has 2 heterocycles. The topological polar surface area (TPSA) is 58.1 Å². The van der Waals surface area contributed by atoms with E-state index < -0.39 is 11.2 Å². The Morgan fingerprint density at radius 1 is 1.28 bits per heavy atom. The van der Waals surface area contributed by atoms with Crippen LogP contribution in [0.3, 0.4) is 0 Å². The van der Waals surface area contributed by atoms with Crippen LogP contribution >= 0.6 is 11.3 Å². The highest BCUT2D eigenvalue weighted by atomic mass is 32.1. The molecule has 2 aromatic rings. The molecule has 25 heavy (non-hydrogen) atoms. The maximum absolute atomic E-state index is 12.5. The van der Waals surface area contributed by atoms with Crippen LogP contribution in [-0.2, 0) is 17.4 Å². The van der Waals surface area contributed by atoms with Crippen molar-refractivity contribution in [1.82, 2.24) is 15.1 Å². The Bertz CT molecular complexity index is 720. The third kappa shape index (κ3) is 4.68. The summed E-state index contributed by atoms with van der Waals surface area (Å²) in [7, 11) is 0. The highest BCUT2D eigenvalue weighted by Gasteiger charge is 2.36. The van der Waals surface area contributed by atoms with E-state index in [1.807, 2.05) is 30.3 Å². The van der Waals surface area contributed by atoms with Crippen LogP contribution in [0.25, 0.3) is 0 Å². The number of nitrogens with zero attached hydrogens (tertiary/aromatic N) is 3. The van der Waals surface area contributed by atoms with Crippen LogP contribution in [-0.4, -0.2) is 40.1 Å². The van der Waals surface area contributed by atoms with E-state index in [4.69, 9.17) is 0 Å². The summed E-state index contributed by atoms with van der Waals surface area (Å²) >= 11 is 0.482. The van der Waals surface area contributed by atoms with Gasteiger partial charge in [0.1, 0.15) is 0 Å². The van der Waals surface area contributed by atoms with Gasteiger partial charge >= 0.3 is 6.18 Å². The van der Waals surface area contributed by atoms with E-state index in [0.29, 0.717) is 43.7 Å². The van der Waals surface area contributed by atoms with Gasteiger partial charge in [0.15, 0.2) is 0 Å². The molecule has 0 spiro atoms. The minimum Gasteiger partial charge on any atom is -0.355 e. The number of benzene rings is 1. The first-order valence-corrected chi connectivity index (χ1v) is 8.72. The first-order chi connectivity index (χ1) is 11.9. The van der Waals surface area contributed by atoms with Crippen molar-refractivity contribution in [3.8, 4) is 0 Å². The number of carbonyl (C=O) groups is 1. The third-order valence-corrected chi connectivity index (χ3v) is 4.91. The zero-order valence-corrected chi connectivity index (χ0v) is 14.1. The highest BCUT2D eigenvalue weighted by Crippen LogP contribution is 2.33. The van der Waals surface area contributed by atoms with E-state index in [1.54, 1.807) is 4.90 Å². The molecule has 1 aliphatic rings. The van der Waals surface area contributed by atoms with Crippen molar-refractivity contribution in [1.29, 1.82) is 0 Å². The van der Waals surface area contributed by atoms with Crippen LogP contribution < -0.4 is 5.32 Å². The zero-order chi connectivity index (χ0) is 17.9. The fourth-order valence-electron chi connectivity index (χ4n) is 2.73. The third-order valence-electron chi connectivity index (χ3n) is 4.01. The maximum atomic E-state index is 12.5. The van der Waals surface area contributed by atoms with E-state index in [-0.39, 0.29) is 17.1 Å². The van der Waals surface area contributed by atoms with Gasteiger partial charge in [-0.25, -0.2) is 0 Å². The van der Waals surface area contributed by atoms with Crippen molar-refractivity contribution in [2.75, 3.05) is 18.4 Å². The van der Waals surface area contributed by atoms with Gasteiger partial charge in [-0.05, 0) is 18.4 Å². The molecule has 1 unspecified atom stereocenters. The molecule has 134 valence electrons.